The molecule has 0 atom stereocenters. The van der Waals surface area contributed by atoms with Crippen molar-refractivity contribution in [1.82, 2.24) is 9.38 Å². The van der Waals surface area contributed by atoms with Crippen LogP contribution in [-0.4, -0.2) is 33.9 Å². The van der Waals surface area contributed by atoms with Crippen molar-refractivity contribution in [3.63, 3.8) is 0 Å². The second kappa shape index (κ2) is 6.88. The molecule has 0 saturated heterocycles. The summed E-state index contributed by atoms with van der Waals surface area (Å²) in [6.07, 6.45) is 1.67. The smallest absolute Gasteiger partial charge is 0.370 e. The molecule has 0 spiro atoms. The van der Waals surface area contributed by atoms with E-state index in [1.54, 1.807) is 11.6 Å². The van der Waals surface area contributed by atoms with Gasteiger partial charge in [0.05, 0.1) is 0 Å². The molecule has 3 rings (SSSR count). The first-order valence-corrected chi connectivity index (χ1v) is 8.63. The number of aryl methyl sites for hydroxylation is 1. The molecule has 8 heteroatoms. The number of imidazole rings is 1. The second-order valence-corrected chi connectivity index (χ2v) is 6.32. The van der Waals surface area contributed by atoms with Gasteiger partial charge in [0.15, 0.2) is 0 Å². The fraction of sp³-hybridized carbons (Fsp3) is 0.312. The Hall–Kier alpha value is -2.61. The number of rotatable bonds is 7. The molecule has 0 aliphatic carbocycles. The van der Waals surface area contributed by atoms with E-state index in [4.69, 9.17) is 0 Å². The Morgan fingerprint density at radius 1 is 1.46 bits per heavy atom. The number of hydrogen-bond acceptors (Lipinski definition) is 6. The van der Waals surface area contributed by atoms with E-state index in [0.29, 0.717) is 17.3 Å². The van der Waals surface area contributed by atoms with Gasteiger partial charge in [0.1, 0.15) is 6.20 Å². The van der Waals surface area contributed by atoms with Gasteiger partial charge in [0.25, 0.3) is 4.96 Å². The van der Waals surface area contributed by atoms with Crippen LogP contribution >= 0.6 is 11.3 Å². The maximum Gasteiger partial charge on any atom is 0.372 e. The lowest BCUT2D eigenvalue weighted by Gasteiger charge is -2.23. The average Bonchev–Trinajstić information content (AvgIpc) is 3.11. The maximum absolute atomic E-state index is 11.3. The molecule has 0 unspecified atom stereocenters. The van der Waals surface area contributed by atoms with Crippen molar-refractivity contribution in [2.75, 3.05) is 29.9 Å². The van der Waals surface area contributed by atoms with E-state index in [1.807, 2.05) is 6.07 Å². The Morgan fingerprint density at radius 3 is 3.00 bits per heavy atom. The third-order valence-electron chi connectivity index (χ3n) is 3.83. The Kier molecular flexibility index (Phi) is 4.66. The average molecular weight is 345 g/mol. The molecule has 1 N–H and O–H groups in total. The van der Waals surface area contributed by atoms with E-state index >= 15 is 0 Å². The molecule has 1 aromatic carbocycles. The van der Waals surface area contributed by atoms with Gasteiger partial charge in [-0.15, -0.1) is 0 Å². The van der Waals surface area contributed by atoms with Gasteiger partial charge in [-0.2, -0.15) is 9.38 Å². The van der Waals surface area contributed by atoms with Crippen molar-refractivity contribution in [3.8, 4) is 0 Å². The first-order valence-electron chi connectivity index (χ1n) is 7.75. The number of hydrogen-bond donors (Lipinski definition) is 1. The van der Waals surface area contributed by atoms with E-state index < -0.39 is 4.92 Å². The Bertz CT molecular complexity index is 857. The summed E-state index contributed by atoms with van der Waals surface area (Å²) in [5, 5.41) is 16.2. The van der Waals surface area contributed by atoms with Crippen molar-refractivity contribution in [3.05, 3.63) is 51.5 Å². The summed E-state index contributed by atoms with van der Waals surface area (Å²) in [6.45, 7) is 6.34. The number of aromatic nitrogens is 2. The molecule has 7 nitrogen and oxygen atoms in total. The maximum atomic E-state index is 11.3. The van der Waals surface area contributed by atoms with Crippen LogP contribution in [0.25, 0.3) is 4.96 Å². The highest BCUT2D eigenvalue weighted by molar-refractivity contribution is 7.15. The summed E-state index contributed by atoms with van der Waals surface area (Å²) in [6, 6.07) is 8.32. The van der Waals surface area contributed by atoms with Crippen LogP contribution in [0.1, 0.15) is 12.5 Å². The number of likely N-dealkylation sites (N-methyl/N-ethyl adjacent to an activating group) is 1. The second-order valence-electron chi connectivity index (χ2n) is 5.44. The highest BCUT2D eigenvalue weighted by atomic mass is 32.1. The number of thiazole rings is 1. The fourth-order valence-corrected chi connectivity index (χ4v) is 3.38. The zero-order valence-electron chi connectivity index (χ0n) is 13.6. The topological polar surface area (TPSA) is 75.7 Å². The predicted octanol–water partition coefficient (Wildman–Crippen LogP) is 3.55. The van der Waals surface area contributed by atoms with Crippen molar-refractivity contribution < 1.29 is 4.92 Å². The van der Waals surface area contributed by atoms with Gasteiger partial charge in [-0.1, -0.05) is 23.5 Å². The van der Waals surface area contributed by atoms with Crippen molar-refractivity contribution in [2.24, 2.45) is 0 Å². The van der Waals surface area contributed by atoms with Crippen LogP contribution in [0.15, 0.2) is 35.8 Å². The molecule has 0 fully saturated rings. The minimum Gasteiger partial charge on any atom is -0.370 e. The Morgan fingerprint density at radius 2 is 2.29 bits per heavy atom. The van der Waals surface area contributed by atoms with Crippen molar-refractivity contribution in [1.29, 1.82) is 0 Å². The van der Waals surface area contributed by atoms with Crippen LogP contribution < -0.4 is 10.2 Å². The lowest BCUT2D eigenvalue weighted by molar-refractivity contribution is -0.389. The Balaban J connectivity index is 1.70. The van der Waals surface area contributed by atoms with Crippen LogP contribution in [-0.2, 0) is 0 Å². The zero-order chi connectivity index (χ0) is 17.1. The van der Waals surface area contributed by atoms with E-state index in [-0.39, 0.29) is 5.82 Å². The van der Waals surface area contributed by atoms with Crippen LogP contribution in [0, 0.1) is 17.0 Å². The molecule has 0 amide bonds. The summed E-state index contributed by atoms with van der Waals surface area (Å²) in [5.41, 5.74) is 2.36. The van der Waals surface area contributed by atoms with Crippen molar-refractivity contribution >= 4 is 33.6 Å². The molecule has 0 aliphatic rings. The third-order valence-corrected chi connectivity index (χ3v) is 4.59. The number of nitrogens with one attached hydrogen (secondary N) is 1. The quantitative estimate of drug-likeness (QED) is 0.523. The molecule has 126 valence electrons. The lowest BCUT2D eigenvalue weighted by atomic mass is 10.2. The summed E-state index contributed by atoms with van der Waals surface area (Å²) >= 11 is 1.38. The summed E-state index contributed by atoms with van der Waals surface area (Å²) in [4.78, 5) is 18.1. The van der Waals surface area contributed by atoms with Gasteiger partial charge in [0, 0.05) is 30.7 Å². The first kappa shape index (κ1) is 16.3. The van der Waals surface area contributed by atoms with Crippen LogP contribution in [0.3, 0.4) is 0 Å². The summed E-state index contributed by atoms with van der Waals surface area (Å²) in [7, 11) is 0. The summed E-state index contributed by atoms with van der Waals surface area (Å²) < 4.78 is 1.51. The minimum absolute atomic E-state index is 0.00939. The molecular weight excluding hydrogens is 326 g/mol. The monoisotopic (exact) mass is 345 g/mol. The standard InChI is InChI=1S/C16H19N5O2S/c1-3-19(13-6-4-5-12(2)11-13)8-7-17-14-15(21(22)23)20-9-10-24-16(20)18-14/h4-6,9-11,17H,3,7-8H2,1-2H3. The van der Waals surface area contributed by atoms with Gasteiger partial charge in [0.2, 0.25) is 5.82 Å². The van der Waals surface area contributed by atoms with Gasteiger partial charge in [-0.25, -0.2) is 0 Å². The van der Waals surface area contributed by atoms with Crippen molar-refractivity contribution in [2.45, 2.75) is 13.8 Å². The lowest BCUT2D eigenvalue weighted by Crippen LogP contribution is -2.29. The predicted molar refractivity (Wildman–Crippen MR) is 97.3 cm³/mol. The van der Waals surface area contributed by atoms with Gasteiger partial charge in [-0.3, -0.25) is 0 Å². The normalized spacial score (nSPS) is 10.9. The number of anilines is 2. The first-order chi connectivity index (χ1) is 11.6. The van der Waals surface area contributed by atoms with E-state index in [9.17, 15) is 10.1 Å². The van der Waals surface area contributed by atoms with Gasteiger partial charge < -0.3 is 20.3 Å². The number of benzene rings is 1. The van der Waals surface area contributed by atoms with Crippen LogP contribution in [0.2, 0.25) is 0 Å². The number of nitrogens with zero attached hydrogens (tertiary/aromatic N) is 4. The molecule has 0 bridgehead atoms. The van der Waals surface area contributed by atoms with Gasteiger partial charge in [-0.05, 0) is 36.5 Å². The van der Waals surface area contributed by atoms with E-state index in [0.717, 1.165) is 18.8 Å². The van der Waals surface area contributed by atoms with E-state index in [2.05, 4.69) is 47.2 Å². The minimum atomic E-state index is -0.396. The molecule has 3 aromatic rings. The zero-order valence-corrected chi connectivity index (χ0v) is 14.4. The van der Waals surface area contributed by atoms with E-state index in [1.165, 1.54) is 21.3 Å². The largest absolute Gasteiger partial charge is 0.372 e. The van der Waals surface area contributed by atoms with Gasteiger partial charge >= 0.3 is 5.82 Å². The van der Waals surface area contributed by atoms with Crippen LogP contribution in [0.5, 0.6) is 0 Å². The highest BCUT2D eigenvalue weighted by Crippen LogP contribution is 2.27. The Labute approximate surface area is 143 Å². The molecule has 2 aromatic heterocycles. The molecule has 2 heterocycles. The van der Waals surface area contributed by atoms with Crippen LogP contribution in [0.4, 0.5) is 17.3 Å². The number of nitro groups is 1. The number of fused-ring (bicyclic) bond motifs is 1. The molecule has 24 heavy (non-hydrogen) atoms. The summed E-state index contributed by atoms with van der Waals surface area (Å²) in [5.74, 6) is 0.317. The highest BCUT2D eigenvalue weighted by Gasteiger charge is 2.23. The molecule has 0 radical (unpaired) electrons. The SMILES string of the molecule is CCN(CCNc1nc2sccn2c1[N+](=O)[O-])c1cccc(C)c1. The molecule has 0 saturated carbocycles. The molecular formula is C16H19N5O2S. The third kappa shape index (κ3) is 3.18. The fourth-order valence-electron chi connectivity index (χ4n) is 2.67. The molecule has 0 aliphatic heterocycles.